The van der Waals surface area contributed by atoms with E-state index in [1.807, 2.05) is 32.0 Å². The fourth-order valence-electron chi connectivity index (χ4n) is 2.04. The standard InChI is InChI=1S/C13H14N2O2/c1-13(2)8-17-12(16)15-11(13)10-6-4-3-5-9(10)7-14/h3-6,11H,8H2,1-2H3,(H,15,16)/t11-/m1/s1. The van der Waals surface area contributed by atoms with Crippen LogP contribution in [0.1, 0.15) is 31.0 Å². The average Bonchev–Trinajstić information content (AvgIpc) is 2.32. The Hall–Kier alpha value is -2.02. The van der Waals surface area contributed by atoms with Gasteiger partial charge in [-0.2, -0.15) is 5.26 Å². The van der Waals surface area contributed by atoms with Gasteiger partial charge in [-0.15, -0.1) is 0 Å². The Balaban J connectivity index is 2.44. The van der Waals surface area contributed by atoms with Gasteiger partial charge in [-0.25, -0.2) is 4.79 Å². The van der Waals surface area contributed by atoms with E-state index in [0.717, 1.165) is 5.56 Å². The first kappa shape index (κ1) is 11.5. The average molecular weight is 230 g/mol. The summed E-state index contributed by atoms with van der Waals surface area (Å²) in [4.78, 5) is 11.3. The van der Waals surface area contributed by atoms with E-state index in [-0.39, 0.29) is 11.5 Å². The second-order valence-corrected chi connectivity index (χ2v) is 4.84. The van der Waals surface area contributed by atoms with Gasteiger partial charge >= 0.3 is 6.09 Å². The van der Waals surface area contributed by atoms with Crippen molar-refractivity contribution in [2.24, 2.45) is 5.41 Å². The quantitative estimate of drug-likeness (QED) is 0.805. The van der Waals surface area contributed by atoms with Crippen LogP contribution in [-0.4, -0.2) is 12.7 Å². The van der Waals surface area contributed by atoms with Crippen molar-refractivity contribution in [2.45, 2.75) is 19.9 Å². The topological polar surface area (TPSA) is 62.1 Å². The van der Waals surface area contributed by atoms with Gasteiger partial charge in [-0.05, 0) is 11.6 Å². The van der Waals surface area contributed by atoms with Crippen LogP contribution in [0.3, 0.4) is 0 Å². The van der Waals surface area contributed by atoms with E-state index in [4.69, 9.17) is 10.00 Å². The van der Waals surface area contributed by atoms with Crippen LogP contribution in [0.5, 0.6) is 0 Å². The predicted octanol–water partition coefficient (Wildman–Crippen LogP) is 2.37. The number of nitrogens with zero attached hydrogens (tertiary/aromatic N) is 1. The highest BCUT2D eigenvalue weighted by molar-refractivity contribution is 5.69. The Labute approximate surface area is 100 Å². The molecule has 1 aromatic carbocycles. The van der Waals surface area contributed by atoms with Crippen LogP contribution in [0.15, 0.2) is 24.3 Å². The molecule has 0 aliphatic carbocycles. The lowest BCUT2D eigenvalue weighted by atomic mass is 9.79. The molecule has 17 heavy (non-hydrogen) atoms. The summed E-state index contributed by atoms with van der Waals surface area (Å²) in [6.07, 6.45) is -0.429. The first-order valence-corrected chi connectivity index (χ1v) is 5.47. The molecule has 1 N–H and O–H groups in total. The predicted molar refractivity (Wildman–Crippen MR) is 62.2 cm³/mol. The molecular formula is C13H14N2O2. The molecule has 1 aliphatic heterocycles. The van der Waals surface area contributed by atoms with Crippen LogP contribution < -0.4 is 5.32 Å². The van der Waals surface area contributed by atoms with Crippen molar-refractivity contribution in [2.75, 3.05) is 6.61 Å². The van der Waals surface area contributed by atoms with Gasteiger partial charge in [0.1, 0.15) is 6.61 Å². The molecule has 1 aliphatic rings. The van der Waals surface area contributed by atoms with E-state index in [1.165, 1.54) is 0 Å². The van der Waals surface area contributed by atoms with Crippen LogP contribution in [-0.2, 0) is 4.74 Å². The van der Waals surface area contributed by atoms with E-state index in [9.17, 15) is 4.79 Å². The van der Waals surface area contributed by atoms with E-state index >= 15 is 0 Å². The third-order valence-corrected chi connectivity index (χ3v) is 3.01. The molecule has 1 saturated heterocycles. The van der Waals surface area contributed by atoms with Crippen molar-refractivity contribution < 1.29 is 9.53 Å². The van der Waals surface area contributed by atoms with E-state index < -0.39 is 6.09 Å². The third kappa shape index (κ3) is 2.09. The Kier molecular flexibility index (Phi) is 2.76. The summed E-state index contributed by atoms with van der Waals surface area (Å²) in [6, 6.07) is 9.27. The van der Waals surface area contributed by atoms with Gasteiger partial charge < -0.3 is 10.1 Å². The summed E-state index contributed by atoms with van der Waals surface area (Å²) < 4.78 is 4.99. The molecule has 0 aromatic heterocycles. The number of rotatable bonds is 1. The van der Waals surface area contributed by atoms with Crippen LogP contribution in [0, 0.1) is 16.7 Å². The minimum absolute atomic E-state index is 0.195. The minimum Gasteiger partial charge on any atom is -0.449 e. The molecule has 1 heterocycles. The maximum Gasteiger partial charge on any atom is 0.407 e. The van der Waals surface area contributed by atoms with Gasteiger partial charge in [-0.3, -0.25) is 0 Å². The molecule has 0 unspecified atom stereocenters. The summed E-state index contributed by atoms with van der Waals surface area (Å²) in [7, 11) is 0. The van der Waals surface area contributed by atoms with Crippen LogP contribution in [0.4, 0.5) is 4.79 Å². The molecule has 0 spiro atoms. The third-order valence-electron chi connectivity index (χ3n) is 3.01. The zero-order valence-electron chi connectivity index (χ0n) is 9.86. The van der Waals surface area contributed by atoms with E-state index in [1.54, 1.807) is 6.07 Å². The molecular weight excluding hydrogens is 216 g/mol. The number of nitrogens with one attached hydrogen (secondary N) is 1. The molecule has 0 saturated carbocycles. The van der Waals surface area contributed by atoms with E-state index in [0.29, 0.717) is 12.2 Å². The minimum atomic E-state index is -0.429. The van der Waals surface area contributed by atoms with Crippen molar-refractivity contribution in [3.8, 4) is 6.07 Å². The fraction of sp³-hybridized carbons (Fsp3) is 0.385. The molecule has 88 valence electrons. The molecule has 4 nitrogen and oxygen atoms in total. The largest absolute Gasteiger partial charge is 0.449 e. The Morgan fingerprint density at radius 2 is 2.18 bits per heavy atom. The van der Waals surface area contributed by atoms with E-state index in [2.05, 4.69) is 11.4 Å². The summed E-state index contributed by atoms with van der Waals surface area (Å²) in [5, 5.41) is 11.9. The van der Waals surface area contributed by atoms with Gasteiger partial charge in [-0.1, -0.05) is 32.0 Å². The number of cyclic esters (lactones) is 1. The number of ether oxygens (including phenoxy) is 1. The molecule has 4 heteroatoms. The van der Waals surface area contributed by atoms with Crippen LogP contribution in [0.2, 0.25) is 0 Å². The lowest BCUT2D eigenvalue weighted by Gasteiger charge is -2.38. The number of alkyl carbamates (subject to hydrolysis) is 1. The van der Waals surface area contributed by atoms with Crippen LogP contribution in [0.25, 0.3) is 0 Å². The number of carbonyl (C=O) groups excluding carboxylic acids is 1. The monoisotopic (exact) mass is 230 g/mol. The maximum absolute atomic E-state index is 11.3. The van der Waals surface area contributed by atoms with Crippen molar-refractivity contribution in [3.05, 3.63) is 35.4 Å². The summed E-state index contributed by atoms with van der Waals surface area (Å²) in [5.41, 5.74) is 1.20. The number of nitriles is 1. The number of hydrogen-bond acceptors (Lipinski definition) is 3. The molecule has 1 amide bonds. The SMILES string of the molecule is CC1(C)COC(=O)N[C@@H]1c1ccccc1C#N. The highest BCUT2D eigenvalue weighted by atomic mass is 16.6. The number of amides is 1. The number of benzene rings is 1. The van der Waals surface area contributed by atoms with Crippen molar-refractivity contribution >= 4 is 6.09 Å². The summed E-state index contributed by atoms with van der Waals surface area (Å²) >= 11 is 0. The van der Waals surface area contributed by atoms with Gasteiger partial charge in [0.25, 0.3) is 0 Å². The van der Waals surface area contributed by atoms with Gasteiger partial charge in [0.15, 0.2) is 0 Å². The number of hydrogen-bond donors (Lipinski definition) is 1. The molecule has 2 rings (SSSR count). The smallest absolute Gasteiger partial charge is 0.407 e. The Morgan fingerprint density at radius 3 is 2.88 bits per heavy atom. The Morgan fingerprint density at radius 1 is 1.47 bits per heavy atom. The highest BCUT2D eigenvalue weighted by Crippen LogP contribution is 2.37. The van der Waals surface area contributed by atoms with Gasteiger partial charge in [0, 0.05) is 5.41 Å². The fourth-order valence-corrected chi connectivity index (χ4v) is 2.04. The molecule has 1 fully saturated rings. The van der Waals surface area contributed by atoms with Gasteiger partial charge in [0.2, 0.25) is 0 Å². The lowest BCUT2D eigenvalue weighted by Crippen LogP contribution is -2.47. The first-order chi connectivity index (χ1) is 8.04. The Bertz CT molecular complexity index is 488. The zero-order chi connectivity index (χ0) is 12.5. The second-order valence-electron chi connectivity index (χ2n) is 4.84. The zero-order valence-corrected chi connectivity index (χ0v) is 9.86. The summed E-state index contributed by atoms with van der Waals surface area (Å²) in [5.74, 6) is 0. The maximum atomic E-state index is 11.3. The van der Waals surface area contributed by atoms with Gasteiger partial charge in [0.05, 0.1) is 17.7 Å². The first-order valence-electron chi connectivity index (χ1n) is 5.47. The number of carbonyl (C=O) groups is 1. The molecule has 1 aromatic rings. The van der Waals surface area contributed by atoms with Crippen molar-refractivity contribution in [1.29, 1.82) is 5.26 Å². The molecule has 1 atom stereocenters. The molecule has 0 bridgehead atoms. The molecule has 0 radical (unpaired) electrons. The normalized spacial score (nSPS) is 22.2. The van der Waals surface area contributed by atoms with Crippen LogP contribution >= 0.6 is 0 Å². The highest BCUT2D eigenvalue weighted by Gasteiger charge is 2.38. The van der Waals surface area contributed by atoms with Crippen molar-refractivity contribution in [1.82, 2.24) is 5.32 Å². The summed E-state index contributed by atoms with van der Waals surface area (Å²) in [6.45, 7) is 4.36. The second kappa shape index (κ2) is 4.10. The lowest BCUT2D eigenvalue weighted by molar-refractivity contribution is 0.0387. The van der Waals surface area contributed by atoms with Crippen molar-refractivity contribution in [3.63, 3.8) is 0 Å².